The number of Topliss-reactive ketones (excluding diaryl/α,β-unsaturated/α-hetero) is 2. The van der Waals surface area contributed by atoms with Crippen molar-refractivity contribution in [2.24, 2.45) is 29.4 Å². The van der Waals surface area contributed by atoms with Crippen molar-refractivity contribution in [1.29, 1.82) is 0 Å². The molecule has 1 heterocycles. The van der Waals surface area contributed by atoms with Crippen molar-refractivity contribution in [3.05, 3.63) is 40.2 Å². The average Bonchev–Trinajstić information content (AvgIpc) is 2.92. The molecule has 1 aromatic rings. The molecule has 4 aliphatic rings. The molecular weight excluding hydrogens is 542 g/mol. The zero-order valence-electron chi connectivity index (χ0n) is 24.4. The normalized spacial score (nSPS) is 32.1. The lowest BCUT2D eigenvalue weighted by Crippen LogP contribution is -2.67. The quantitative estimate of drug-likeness (QED) is 0.193. The van der Waals surface area contributed by atoms with Crippen molar-refractivity contribution in [2.75, 3.05) is 25.0 Å². The number of benzene rings is 1. The summed E-state index contributed by atoms with van der Waals surface area (Å²) in [6.07, 6.45) is 1.23. The van der Waals surface area contributed by atoms with E-state index in [-0.39, 0.29) is 22.9 Å². The number of carbonyl (C=O) groups is 3. The molecule has 0 unspecified atom stereocenters. The fourth-order valence-electron chi connectivity index (χ4n) is 7.81. The van der Waals surface area contributed by atoms with E-state index in [9.17, 15) is 39.9 Å². The van der Waals surface area contributed by atoms with Crippen molar-refractivity contribution < 1.29 is 39.9 Å². The molecule has 0 radical (unpaired) electrons. The van der Waals surface area contributed by atoms with Gasteiger partial charge in [-0.3, -0.25) is 14.4 Å². The number of carbonyl (C=O) groups excluding carboxylic acids is 3. The number of ketones is 2. The number of hydrogen-bond acceptors (Lipinski definition) is 10. The largest absolute Gasteiger partial charge is 0.508 e. The second kappa shape index (κ2) is 10.7. The van der Waals surface area contributed by atoms with Gasteiger partial charge >= 0.3 is 0 Å². The van der Waals surface area contributed by atoms with Crippen LogP contribution in [0.4, 0.5) is 5.69 Å². The van der Waals surface area contributed by atoms with Crippen LogP contribution in [0.1, 0.15) is 64.0 Å². The Morgan fingerprint density at radius 1 is 1.17 bits per heavy atom. The molecule has 0 aromatic heterocycles. The number of piperidine rings is 1. The Labute approximate surface area is 244 Å². The van der Waals surface area contributed by atoms with Gasteiger partial charge in [-0.25, -0.2) is 0 Å². The number of rotatable bonds is 6. The third kappa shape index (κ3) is 4.24. The number of likely N-dealkylation sites (tertiary alicyclic amines) is 1. The molecule has 11 nitrogen and oxygen atoms in total. The molecule has 1 amide bonds. The maximum Gasteiger partial charge on any atom is 0.255 e. The van der Waals surface area contributed by atoms with Gasteiger partial charge in [0.2, 0.25) is 5.78 Å². The molecule has 42 heavy (non-hydrogen) atoms. The second-order valence-electron chi connectivity index (χ2n) is 12.6. The molecule has 11 heteroatoms. The Kier molecular flexibility index (Phi) is 7.66. The average molecular weight is 584 g/mol. The number of primary amides is 1. The van der Waals surface area contributed by atoms with Crippen molar-refractivity contribution in [3.8, 4) is 5.75 Å². The Morgan fingerprint density at radius 3 is 2.38 bits per heavy atom. The lowest BCUT2D eigenvalue weighted by atomic mass is 9.51. The molecule has 8 N–H and O–H groups in total. The second-order valence-corrected chi connectivity index (χ2v) is 12.6. The third-order valence-electron chi connectivity index (χ3n) is 9.86. The first-order chi connectivity index (χ1) is 19.8. The van der Waals surface area contributed by atoms with Gasteiger partial charge in [0.1, 0.15) is 22.8 Å². The summed E-state index contributed by atoms with van der Waals surface area (Å²) in [4.78, 5) is 42.0. The van der Waals surface area contributed by atoms with E-state index >= 15 is 0 Å². The van der Waals surface area contributed by atoms with Crippen LogP contribution in [0.2, 0.25) is 0 Å². The number of fused-ring (bicyclic) bond motifs is 3. The number of nitrogens with one attached hydrogen (secondary N) is 1. The highest BCUT2D eigenvalue weighted by atomic mass is 16.4. The summed E-state index contributed by atoms with van der Waals surface area (Å²) in [6.45, 7) is 10.0. The van der Waals surface area contributed by atoms with E-state index in [1.54, 1.807) is 32.9 Å². The summed E-state index contributed by atoms with van der Waals surface area (Å²) in [5.41, 5.74) is 2.08. The van der Waals surface area contributed by atoms with E-state index in [0.29, 0.717) is 11.3 Å². The highest BCUT2D eigenvalue weighted by molar-refractivity contribution is 6.23. The van der Waals surface area contributed by atoms with Gasteiger partial charge in [0, 0.05) is 42.5 Å². The van der Waals surface area contributed by atoms with Crippen LogP contribution < -0.4 is 11.1 Å². The standard InChI is InChI=1S/C31H41N3O8/c1-5-10-34-11-8-15(9-12-34)33-17-7-6-16-14(4)19-21(26(37)20(16)24(17)35)28(39)31(42)23(27(19)38)18(13(2)3)25(36)22(29(31)40)30(32)41/h6-7,13-15,18-19,23,27,33,35,37-38,40,42H,5,8-12H2,1-4H3,(H2,32,41)/t14-,18-,19+,23+,27-,31-/m0/s1. The van der Waals surface area contributed by atoms with Gasteiger partial charge in [0.05, 0.1) is 17.4 Å². The number of aliphatic hydroxyl groups is 4. The summed E-state index contributed by atoms with van der Waals surface area (Å²) in [5.74, 6) is -10.4. The van der Waals surface area contributed by atoms with E-state index in [4.69, 9.17) is 5.73 Å². The molecule has 228 valence electrons. The predicted octanol–water partition coefficient (Wildman–Crippen LogP) is 2.12. The Hall–Kier alpha value is -3.41. The minimum absolute atomic E-state index is 0.00402. The molecule has 1 saturated heterocycles. The van der Waals surface area contributed by atoms with E-state index in [2.05, 4.69) is 17.1 Å². The van der Waals surface area contributed by atoms with E-state index in [0.717, 1.165) is 38.9 Å². The maximum absolute atomic E-state index is 14.1. The minimum atomic E-state index is -2.89. The third-order valence-corrected chi connectivity index (χ3v) is 9.86. The predicted molar refractivity (Wildman–Crippen MR) is 155 cm³/mol. The monoisotopic (exact) mass is 583 g/mol. The van der Waals surface area contributed by atoms with Crippen molar-refractivity contribution in [3.63, 3.8) is 0 Å². The van der Waals surface area contributed by atoms with Gasteiger partial charge in [0.15, 0.2) is 11.4 Å². The summed E-state index contributed by atoms with van der Waals surface area (Å²) < 4.78 is 0. The van der Waals surface area contributed by atoms with E-state index < -0.39 is 75.9 Å². The molecule has 0 bridgehead atoms. The highest BCUT2D eigenvalue weighted by Crippen LogP contribution is 2.58. The number of phenolic OH excluding ortho intramolecular Hbond substituents is 1. The maximum atomic E-state index is 14.1. The SMILES string of the molecule is CCCN1CCC(Nc2ccc3c(c2O)C(O)=C2C(=O)[C@]4(O)C(O)=C(C(N)=O)C(=O)[C@@H](C(C)C)[C@@H]4[C@@H](O)[C@@H]2[C@H]3C)CC1. The molecular formula is C31H41N3O8. The lowest BCUT2D eigenvalue weighted by Gasteiger charge is -2.53. The minimum Gasteiger partial charge on any atom is -0.508 e. The number of nitrogens with two attached hydrogens (primary N) is 1. The number of aromatic hydroxyl groups is 1. The lowest BCUT2D eigenvalue weighted by molar-refractivity contribution is -0.171. The summed E-state index contributed by atoms with van der Waals surface area (Å²) >= 11 is 0. The van der Waals surface area contributed by atoms with Crippen LogP contribution in [0.3, 0.4) is 0 Å². The Morgan fingerprint density at radius 2 is 1.81 bits per heavy atom. The summed E-state index contributed by atoms with van der Waals surface area (Å²) in [7, 11) is 0. The van der Waals surface area contributed by atoms with Crippen molar-refractivity contribution >= 4 is 28.9 Å². The number of hydrogen-bond donors (Lipinski definition) is 7. The van der Waals surface area contributed by atoms with Crippen LogP contribution in [-0.4, -0.2) is 85.3 Å². The van der Waals surface area contributed by atoms with Gasteiger partial charge in [0.25, 0.3) is 5.91 Å². The van der Waals surface area contributed by atoms with E-state index in [1.165, 1.54) is 0 Å². The van der Waals surface area contributed by atoms with E-state index in [1.807, 2.05) is 0 Å². The molecule has 1 aromatic carbocycles. The molecule has 5 rings (SSSR count). The van der Waals surface area contributed by atoms with Gasteiger partial charge in [-0.15, -0.1) is 0 Å². The molecule has 6 atom stereocenters. The molecule has 1 saturated carbocycles. The number of phenols is 1. The van der Waals surface area contributed by atoms with Crippen LogP contribution in [0.25, 0.3) is 5.76 Å². The first kappa shape index (κ1) is 30.1. The fourth-order valence-corrected chi connectivity index (χ4v) is 7.81. The summed E-state index contributed by atoms with van der Waals surface area (Å²) in [6, 6.07) is 3.53. The highest BCUT2D eigenvalue weighted by Gasteiger charge is 2.68. The molecule has 1 aliphatic heterocycles. The number of aliphatic hydroxyl groups excluding tert-OH is 3. The number of amides is 1. The van der Waals surface area contributed by atoms with Crippen LogP contribution in [0.5, 0.6) is 5.75 Å². The Bertz CT molecular complexity index is 1390. The van der Waals surface area contributed by atoms with Gasteiger partial charge < -0.3 is 41.5 Å². The fraction of sp³-hybridized carbons (Fsp3) is 0.581. The van der Waals surface area contributed by atoms with Gasteiger partial charge in [-0.2, -0.15) is 0 Å². The van der Waals surface area contributed by atoms with Gasteiger partial charge in [-0.1, -0.05) is 33.8 Å². The molecule has 2 fully saturated rings. The first-order valence-corrected chi connectivity index (χ1v) is 14.8. The van der Waals surface area contributed by atoms with Crippen LogP contribution in [0.15, 0.2) is 29.0 Å². The zero-order chi connectivity index (χ0) is 30.8. The molecule has 0 spiro atoms. The Balaban J connectivity index is 1.60. The van der Waals surface area contributed by atoms with Crippen LogP contribution in [0, 0.1) is 23.7 Å². The molecule has 3 aliphatic carbocycles. The summed E-state index contributed by atoms with van der Waals surface area (Å²) in [5, 5.41) is 60.9. The topological polar surface area (TPSA) is 194 Å². The van der Waals surface area contributed by atoms with Crippen molar-refractivity contribution in [1.82, 2.24) is 4.90 Å². The first-order valence-electron chi connectivity index (χ1n) is 14.8. The zero-order valence-corrected chi connectivity index (χ0v) is 24.4. The van der Waals surface area contributed by atoms with Crippen molar-refractivity contribution in [2.45, 2.75) is 70.6 Å². The van der Waals surface area contributed by atoms with Gasteiger partial charge in [-0.05, 0) is 49.3 Å². The number of anilines is 1. The number of nitrogens with zero attached hydrogens (tertiary/aromatic N) is 1. The van der Waals surface area contributed by atoms with Crippen LogP contribution >= 0.6 is 0 Å². The van der Waals surface area contributed by atoms with Crippen LogP contribution in [-0.2, 0) is 14.4 Å². The smallest absolute Gasteiger partial charge is 0.255 e.